The van der Waals surface area contributed by atoms with Gasteiger partial charge in [-0.1, -0.05) is 0 Å². The van der Waals surface area contributed by atoms with Crippen molar-refractivity contribution >= 4 is 22.2 Å². The van der Waals surface area contributed by atoms with E-state index >= 15 is 0 Å². The molecule has 1 fully saturated rings. The maximum absolute atomic E-state index is 12.8. The quantitative estimate of drug-likeness (QED) is 0.694. The molecule has 1 amide bonds. The van der Waals surface area contributed by atoms with Crippen molar-refractivity contribution in [3.63, 3.8) is 0 Å². The number of hydrogen-bond acceptors (Lipinski definition) is 6. The number of carbonyl (C=O) groups is 1. The fourth-order valence-corrected chi connectivity index (χ4v) is 4.26. The van der Waals surface area contributed by atoms with Gasteiger partial charge in [-0.05, 0) is 12.8 Å². The highest BCUT2D eigenvalue weighted by Crippen LogP contribution is 2.28. The first-order chi connectivity index (χ1) is 12.3. The highest BCUT2D eigenvalue weighted by molar-refractivity contribution is 7.15. The van der Waals surface area contributed by atoms with E-state index in [-0.39, 0.29) is 12.0 Å². The van der Waals surface area contributed by atoms with E-state index in [9.17, 15) is 4.79 Å². The number of ether oxygens (including phenoxy) is 1. The Balaban J connectivity index is 1.36. The van der Waals surface area contributed by atoms with Crippen LogP contribution in [-0.4, -0.2) is 54.7 Å². The van der Waals surface area contributed by atoms with Gasteiger partial charge in [0.15, 0.2) is 10.8 Å². The molecule has 5 rings (SSSR count). The van der Waals surface area contributed by atoms with Gasteiger partial charge in [-0.25, -0.2) is 4.98 Å². The number of thiazole rings is 1. The maximum Gasteiger partial charge on any atom is 0.274 e. The van der Waals surface area contributed by atoms with Crippen molar-refractivity contribution in [2.24, 2.45) is 0 Å². The van der Waals surface area contributed by atoms with E-state index < -0.39 is 0 Å². The van der Waals surface area contributed by atoms with E-state index in [0.29, 0.717) is 31.7 Å². The lowest BCUT2D eigenvalue weighted by Gasteiger charge is -2.19. The van der Waals surface area contributed by atoms with Crippen molar-refractivity contribution in [2.45, 2.75) is 31.9 Å². The summed E-state index contributed by atoms with van der Waals surface area (Å²) in [6.07, 6.45) is 6.52. The van der Waals surface area contributed by atoms with Gasteiger partial charge < -0.3 is 14.2 Å². The third-order valence-corrected chi connectivity index (χ3v) is 5.64. The molecule has 1 saturated heterocycles. The van der Waals surface area contributed by atoms with Crippen LogP contribution >= 0.6 is 11.3 Å². The van der Waals surface area contributed by atoms with Crippen LogP contribution in [0.4, 0.5) is 0 Å². The van der Waals surface area contributed by atoms with E-state index in [1.165, 1.54) is 11.3 Å². The number of rotatable bonds is 2. The largest absolute Gasteiger partial charge is 0.370 e. The smallest absolute Gasteiger partial charge is 0.274 e. The van der Waals surface area contributed by atoms with Crippen LogP contribution < -0.4 is 0 Å². The minimum Gasteiger partial charge on any atom is -0.370 e. The number of fused-ring (bicyclic) bond motifs is 2. The molecule has 9 heteroatoms. The fourth-order valence-electron chi connectivity index (χ4n) is 3.56. The Morgan fingerprint density at radius 1 is 1.28 bits per heavy atom. The Bertz CT molecular complexity index is 894. The minimum atomic E-state index is -0.0201. The van der Waals surface area contributed by atoms with Crippen LogP contribution in [0.5, 0.6) is 0 Å². The molecule has 0 bridgehead atoms. The zero-order valence-electron chi connectivity index (χ0n) is 13.7. The molecule has 0 aromatic carbocycles. The topological polar surface area (TPSA) is 77.6 Å². The monoisotopic (exact) mass is 358 g/mol. The van der Waals surface area contributed by atoms with Crippen LogP contribution in [0, 0.1) is 0 Å². The Morgan fingerprint density at radius 3 is 3.08 bits per heavy atom. The Morgan fingerprint density at radius 2 is 2.24 bits per heavy atom. The van der Waals surface area contributed by atoms with Gasteiger partial charge in [0.25, 0.3) is 5.91 Å². The second-order valence-corrected chi connectivity index (χ2v) is 7.26. The molecule has 1 atom stereocenters. The van der Waals surface area contributed by atoms with Crippen LogP contribution in [0.25, 0.3) is 4.96 Å². The summed E-state index contributed by atoms with van der Waals surface area (Å²) in [4.78, 5) is 20.0. The molecule has 0 saturated carbocycles. The summed E-state index contributed by atoms with van der Waals surface area (Å²) >= 11 is 1.53. The summed E-state index contributed by atoms with van der Waals surface area (Å²) in [7, 11) is 0. The van der Waals surface area contributed by atoms with E-state index in [1.807, 2.05) is 20.9 Å². The fraction of sp³-hybridized carbons (Fsp3) is 0.500. The van der Waals surface area contributed by atoms with Crippen LogP contribution in [0.1, 0.15) is 41.1 Å². The summed E-state index contributed by atoms with van der Waals surface area (Å²) in [6, 6.07) is 0. The number of aromatic nitrogens is 5. The highest BCUT2D eigenvalue weighted by atomic mass is 32.1. The molecule has 3 aromatic heterocycles. The van der Waals surface area contributed by atoms with E-state index in [4.69, 9.17) is 4.74 Å². The molecule has 130 valence electrons. The van der Waals surface area contributed by atoms with Crippen LogP contribution in [-0.2, 0) is 17.7 Å². The van der Waals surface area contributed by atoms with Gasteiger partial charge >= 0.3 is 0 Å². The van der Waals surface area contributed by atoms with E-state index in [2.05, 4.69) is 19.7 Å². The van der Waals surface area contributed by atoms with Crippen molar-refractivity contribution in [3.8, 4) is 0 Å². The Labute approximate surface area is 148 Å². The Hall–Kier alpha value is -2.26. The molecule has 8 nitrogen and oxygen atoms in total. The third-order valence-electron chi connectivity index (χ3n) is 4.87. The number of carbonyl (C=O) groups excluding carboxylic acids is 1. The summed E-state index contributed by atoms with van der Waals surface area (Å²) in [6.45, 7) is 2.75. The summed E-state index contributed by atoms with van der Waals surface area (Å²) in [5.41, 5.74) is 0.504. The molecule has 2 aliphatic rings. The average molecular weight is 358 g/mol. The molecule has 0 aliphatic carbocycles. The normalized spacial score (nSPS) is 20.8. The second-order valence-electron chi connectivity index (χ2n) is 6.39. The zero-order chi connectivity index (χ0) is 16.8. The van der Waals surface area contributed by atoms with Crippen molar-refractivity contribution in [1.82, 2.24) is 29.0 Å². The molecule has 0 radical (unpaired) electrons. The lowest BCUT2D eigenvalue weighted by Crippen LogP contribution is -2.34. The molecule has 25 heavy (non-hydrogen) atoms. The molecule has 0 unspecified atom stereocenters. The number of imidazole rings is 1. The molecule has 0 spiro atoms. The van der Waals surface area contributed by atoms with Crippen LogP contribution in [0.2, 0.25) is 0 Å². The lowest BCUT2D eigenvalue weighted by atomic mass is 10.2. The van der Waals surface area contributed by atoms with Gasteiger partial charge in [0, 0.05) is 50.4 Å². The third kappa shape index (κ3) is 2.54. The van der Waals surface area contributed by atoms with Crippen molar-refractivity contribution < 1.29 is 9.53 Å². The predicted octanol–water partition coefficient (Wildman–Crippen LogP) is 1.54. The second kappa shape index (κ2) is 5.92. The zero-order valence-corrected chi connectivity index (χ0v) is 14.5. The Kier molecular flexibility index (Phi) is 3.56. The average Bonchev–Trinajstić information content (AvgIpc) is 3.36. The SMILES string of the molecule is O=C(c1cn2ccsc2n1)N1CCc2nnc([C@@H]3CCCO3)n2CC1. The van der Waals surface area contributed by atoms with Crippen LogP contribution in [0.3, 0.4) is 0 Å². The molecule has 3 aromatic rings. The van der Waals surface area contributed by atoms with Gasteiger partial charge in [-0.3, -0.25) is 9.20 Å². The first-order valence-electron chi connectivity index (χ1n) is 8.54. The number of nitrogens with zero attached hydrogens (tertiary/aromatic N) is 6. The first kappa shape index (κ1) is 15.0. The lowest BCUT2D eigenvalue weighted by molar-refractivity contribution is 0.0750. The predicted molar refractivity (Wildman–Crippen MR) is 90.6 cm³/mol. The van der Waals surface area contributed by atoms with Crippen molar-refractivity contribution in [2.75, 3.05) is 19.7 Å². The van der Waals surface area contributed by atoms with Gasteiger partial charge in [0.1, 0.15) is 17.6 Å². The number of amides is 1. The molecular weight excluding hydrogens is 340 g/mol. The summed E-state index contributed by atoms with van der Waals surface area (Å²) in [5, 5.41) is 10.6. The van der Waals surface area contributed by atoms with Gasteiger partial charge in [0.2, 0.25) is 0 Å². The summed E-state index contributed by atoms with van der Waals surface area (Å²) < 4.78 is 9.78. The molecular formula is C16H18N6O2S. The molecule has 2 aliphatic heterocycles. The minimum absolute atomic E-state index is 0.0201. The van der Waals surface area contributed by atoms with Gasteiger partial charge in [-0.15, -0.1) is 21.5 Å². The van der Waals surface area contributed by atoms with Gasteiger partial charge in [0.05, 0.1) is 0 Å². The summed E-state index contributed by atoms with van der Waals surface area (Å²) in [5.74, 6) is 1.82. The van der Waals surface area contributed by atoms with E-state index in [1.54, 1.807) is 6.20 Å². The maximum atomic E-state index is 12.8. The standard InChI is InChI=1S/C16H18N6O2S/c23-15(11-10-21-7-9-25-16(21)17-11)20-4-3-13-18-19-14(22(13)6-5-20)12-2-1-8-24-12/h7,9-10,12H,1-6,8H2/t12-/m0/s1. The molecule has 5 heterocycles. The molecule has 0 N–H and O–H groups in total. The first-order valence-corrected chi connectivity index (χ1v) is 9.42. The van der Waals surface area contributed by atoms with E-state index in [0.717, 1.165) is 36.1 Å². The van der Waals surface area contributed by atoms with Crippen LogP contribution in [0.15, 0.2) is 17.8 Å². The van der Waals surface area contributed by atoms with Crippen molar-refractivity contribution in [1.29, 1.82) is 0 Å². The van der Waals surface area contributed by atoms with Gasteiger partial charge in [-0.2, -0.15) is 0 Å². The van der Waals surface area contributed by atoms with Crippen molar-refractivity contribution in [3.05, 3.63) is 35.1 Å². The number of hydrogen-bond donors (Lipinski definition) is 0. The highest BCUT2D eigenvalue weighted by Gasteiger charge is 2.28.